The van der Waals surface area contributed by atoms with E-state index >= 15 is 0 Å². The lowest BCUT2D eigenvalue weighted by atomic mass is 10.0. The number of Topliss-reactive ketones (excluding diaryl/α,β-unsaturated/α-hetero) is 1. The number of carbonyl (C=O) groups excluding carboxylic acids is 3. The van der Waals surface area contributed by atoms with E-state index in [4.69, 9.17) is 0 Å². The quantitative estimate of drug-likeness (QED) is 0.541. The summed E-state index contributed by atoms with van der Waals surface area (Å²) in [5.74, 6) is -0.0469. The highest BCUT2D eigenvalue weighted by molar-refractivity contribution is 8.13. The SMILES string of the molecule is O=C(C(=O)N1CCC[C@H]1C(=O)SCCCc1ccccc1)C1CCCC1. The second-order valence-corrected chi connectivity index (χ2v) is 8.36. The summed E-state index contributed by atoms with van der Waals surface area (Å²) < 4.78 is 0. The second kappa shape index (κ2) is 9.36. The zero-order valence-electron chi connectivity index (χ0n) is 15.2. The maximum absolute atomic E-state index is 12.6. The number of ketones is 1. The lowest BCUT2D eigenvalue weighted by molar-refractivity contribution is -0.148. The van der Waals surface area contributed by atoms with Gasteiger partial charge in [-0.05, 0) is 44.1 Å². The highest BCUT2D eigenvalue weighted by atomic mass is 32.2. The van der Waals surface area contributed by atoms with Crippen LogP contribution < -0.4 is 0 Å². The molecule has 1 aromatic rings. The van der Waals surface area contributed by atoms with Crippen LogP contribution in [0.1, 0.15) is 50.5 Å². The van der Waals surface area contributed by atoms with Crippen LogP contribution in [0.3, 0.4) is 0 Å². The smallest absolute Gasteiger partial charge is 0.290 e. The van der Waals surface area contributed by atoms with Gasteiger partial charge in [0, 0.05) is 18.2 Å². The first kappa shape index (κ1) is 19.2. The van der Waals surface area contributed by atoms with Crippen LogP contribution in [-0.4, -0.2) is 40.0 Å². The summed E-state index contributed by atoms with van der Waals surface area (Å²) in [5, 5.41) is 0.0446. The fourth-order valence-electron chi connectivity index (χ4n) is 3.95. The second-order valence-electron chi connectivity index (χ2n) is 7.26. The van der Waals surface area contributed by atoms with E-state index in [0.717, 1.165) is 50.7 Å². The Morgan fingerprint density at radius 3 is 2.46 bits per heavy atom. The summed E-state index contributed by atoms with van der Waals surface area (Å²) >= 11 is 1.31. The first-order valence-corrected chi connectivity index (χ1v) is 10.7. The van der Waals surface area contributed by atoms with Crippen molar-refractivity contribution in [3.63, 3.8) is 0 Å². The zero-order chi connectivity index (χ0) is 18.4. The Balaban J connectivity index is 1.46. The third-order valence-corrected chi connectivity index (χ3v) is 6.47. The average Bonchev–Trinajstić information content (AvgIpc) is 3.36. The molecule has 1 amide bonds. The van der Waals surface area contributed by atoms with Gasteiger partial charge < -0.3 is 4.90 Å². The van der Waals surface area contributed by atoms with E-state index in [9.17, 15) is 14.4 Å². The van der Waals surface area contributed by atoms with Crippen LogP contribution in [0.25, 0.3) is 0 Å². The van der Waals surface area contributed by atoms with Gasteiger partial charge in [0.15, 0.2) is 0 Å². The number of amides is 1. The third-order valence-electron chi connectivity index (χ3n) is 5.42. The molecular formula is C21H27NO3S. The maximum Gasteiger partial charge on any atom is 0.290 e. The molecule has 1 saturated heterocycles. The number of nitrogens with zero attached hydrogens (tertiary/aromatic N) is 1. The first-order valence-electron chi connectivity index (χ1n) is 9.72. The van der Waals surface area contributed by atoms with Gasteiger partial charge in [0.2, 0.25) is 10.9 Å². The molecule has 1 heterocycles. The number of hydrogen-bond acceptors (Lipinski definition) is 4. The zero-order valence-corrected chi connectivity index (χ0v) is 16.0. The molecule has 0 N–H and O–H groups in total. The Morgan fingerprint density at radius 2 is 1.73 bits per heavy atom. The van der Waals surface area contributed by atoms with Gasteiger partial charge in [0.1, 0.15) is 6.04 Å². The molecule has 2 aliphatic rings. The van der Waals surface area contributed by atoms with Crippen LogP contribution in [-0.2, 0) is 20.8 Å². The lowest BCUT2D eigenvalue weighted by Crippen LogP contribution is -2.44. The van der Waals surface area contributed by atoms with Gasteiger partial charge in [0.25, 0.3) is 5.91 Å². The molecule has 1 atom stereocenters. The molecule has 2 fully saturated rings. The standard InChI is InChI=1S/C21H27NO3S/c23-19(17-11-4-5-12-17)20(24)22-14-6-13-18(22)21(25)26-15-7-10-16-8-2-1-3-9-16/h1-3,8-9,17-18H,4-7,10-15H2/t18-/m0/s1. The summed E-state index contributed by atoms with van der Waals surface area (Å²) in [6.07, 6.45) is 7.10. The van der Waals surface area contributed by atoms with E-state index < -0.39 is 11.9 Å². The van der Waals surface area contributed by atoms with Crippen LogP contribution in [0.2, 0.25) is 0 Å². The summed E-state index contributed by atoms with van der Waals surface area (Å²) in [5.41, 5.74) is 1.28. The average molecular weight is 374 g/mol. The summed E-state index contributed by atoms with van der Waals surface area (Å²) in [4.78, 5) is 39.1. The highest BCUT2D eigenvalue weighted by Crippen LogP contribution is 2.29. The molecule has 5 heteroatoms. The predicted molar refractivity (Wildman–Crippen MR) is 104 cm³/mol. The minimum atomic E-state index is -0.419. The number of thioether (sulfide) groups is 1. The van der Waals surface area contributed by atoms with E-state index in [1.165, 1.54) is 17.3 Å². The predicted octanol–water partition coefficient (Wildman–Crippen LogP) is 3.63. The van der Waals surface area contributed by atoms with Crippen LogP contribution in [0.5, 0.6) is 0 Å². The van der Waals surface area contributed by atoms with Crippen molar-refractivity contribution in [1.29, 1.82) is 0 Å². The number of carbonyl (C=O) groups is 3. The van der Waals surface area contributed by atoms with Gasteiger partial charge in [-0.3, -0.25) is 14.4 Å². The Kier molecular flexibility index (Phi) is 6.89. The van der Waals surface area contributed by atoms with Crippen LogP contribution in [0, 0.1) is 5.92 Å². The van der Waals surface area contributed by atoms with Crippen molar-refractivity contribution in [2.24, 2.45) is 5.92 Å². The molecule has 0 bridgehead atoms. The summed E-state index contributed by atoms with van der Waals surface area (Å²) in [6.45, 7) is 0.540. The first-order chi connectivity index (χ1) is 12.7. The molecular weight excluding hydrogens is 346 g/mol. The molecule has 140 valence electrons. The van der Waals surface area contributed by atoms with Crippen molar-refractivity contribution >= 4 is 28.6 Å². The summed E-state index contributed by atoms with van der Waals surface area (Å²) in [7, 11) is 0. The Bertz CT molecular complexity index is 640. The molecule has 1 aliphatic heterocycles. The van der Waals surface area contributed by atoms with Gasteiger partial charge in [-0.1, -0.05) is 54.9 Å². The van der Waals surface area contributed by atoms with Crippen molar-refractivity contribution in [3.05, 3.63) is 35.9 Å². The van der Waals surface area contributed by atoms with Crippen LogP contribution in [0.4, 0.5) is 0 Å². The van der Waals surface area contributed by atoms with Crippen molar-refractivity contribution in [1.82, 2.24) is 4.90 Å². The molecule has 1 saturated carbocycles. The molecule has 26 heavy (non-hydrogen) atoms. The fourth-order valence-corrected chi connectivity index (χ4v) is 4.88. The van der Waals surface area contributed by atoms with Crippen molar-refractivity contribution in [2.45, 2.75) is 57.4 Å². The molecule has 0 aromatic heterocycles. The van der Waals surface area contributed by atoms with E-state index in [1.807, 2.05) is 18.2 Å². The molecule has 4 nitrogen and oxygen atoms in total. The van der Waals surface area contributed by atoms with Gasteiger partial charge in [-0.15, -0.1) is 0 Å². The summed E-state index contributed by atoms with van der Waals surface area (Å²) in [6, 6.07) is 9.83. The normalized spacial score (nSPS) is 20.5. The monoisotopic (exact) mass is 373 g/mol. The van der Waals surface area contributed by atoms with Crippen molar-refractivity contribution in [2.75, 3.05) is 12.3 Å². The van der Waals surface area contributed by atoms with E-state index in [-0.39, 0.29) is 16.8 Å². The lowest BCUT2D eigenvalue weighted by Gasteiger charge is -2.23. The molecule has 0 unspecified atom stereocenters. The number of aryl methyl sites for hydroxylation is 1. The Labute approximate surface area is 159 Å². The van der Waals surface area contributed by atoms with Gasteiger partial charge in [0.05, 0.1) is 0 Å². The Hall–Kier alpha value is -1.62. The Morgan fingerprint density at radius 1 is 1.00 bits per heavy atom. The van der Waals surface area contributed by atoms with E-state index in [1.54, 1.807) is 4.90 Å². The van der Waals surface area contributed by atoms with Crippen molar-refractivity contribution in [3.8, 4) is 0 Å². The van der Waals surface area contributed by atoms with Crippen LogP contribution in [0.15, 0.2) is 30.3 Å². The minimum Gasteiger partial charge on any atom is -0.325 e. The maximum atomic E-state index is 12.6. The largest absolute Gasteiger partial charge is 0.325 e. The van der Waals surface area contributed by atoms with Crippen LogP contribution >= 0.6 is 11.8 Å². The van der Waals surface area contributed by atoms with Gasteiger partial charge in [-0.25, -0.2) is 0 Å². The number of rotatable bonds is 7. The number of hydrogen-bond donors (Lipinski definition) is 0. The minimum absolute atomic E-state index is 0.0446. The fraction of sp³-hybridized carbons (Fsp3) is 0.571. The van der Waals surface area contributed by atoms with Gasteiger partial charge >= 0.3 is 0 Å². The number of benzene rings is 1. The van der Waals surface area contributed by atoms with Crippen molar-refractivity contribution < 1.29 is 14.4 Å². The van der Waals surface area contributed by atoms with E-state index in [0.29, 0.717) is 13.0 Å². The molecule has 1 aliphatic carbocycles. The third kappa shape index (κ3) is 4.76. The molecule has 0 radical (unpaired) electrons. The molecule has 1 aromatic carbocycles. The highest BCUT2D eigenvalue weighted by Gasteiger charge is 2.39. The van der Waals surface area contributed by atoms with Gasteiger partial charge in [-0.2, -0.15) is 0 Å². The van der Waals surface area contributed by atoms with E-state index in [2.05, 4.69) is 12.1 Å². The topological polar surface area (TPSA) is 54.5 Å². The molecule has 0 spiro atoms. The number of likely N-dealkylation sites (tertiary alicyclic amines) is 1. The molecule has 3 rings (SSSR count).